The summed E-state index contributed by atoms with van der Waals surface area (Å²) in [6.07, 6.45) is 0. The molecule has 26 heavy (non-hydrogen) atoms. The van der Waals surface area contributed by atoms with E-state index in [1.165, 1.54) is 19.2 Å². The zero-order valence-corrected chi connectivity index (χ0v) is 15.3. The highest BCUT2D eigenvalue weighted by atomic mass is 19.1. The Morgan fingerprint density at radius 1 is 0.846 bits per heavy atom. The first kappa shape index (κ1) is 17.7. The maximum absolute atomic E-state index is 13.8. The summed E-state index contributed by atoms with van der Waals surface area (Å²) in [6.45, 7) is 0. The second kappa shape index (κ2) is 7.03. The number of ether oxygens (including phenoxy) is 3. The fraction of sp³-hybridized carbons (Fsp3) is 0.263. The van der Waals surface area contributed by atoms with Crippen LogP contribution in [0.5, 0.6) is 17.2 Å². The van der Waals surface area contributed by atoms with Crippen molar-refractivity contribution in [1.82, 2.24) is 9.97 Å². The predicted molar refractivity (Wildman–Crippen MR) is 98.9 cm³/mol. The molecule has 0 aliphatic rings. The molecule has 1 heterocycles. The van der Waals surface area contributed by atoms with E-state index >= 15 is 0 Å². The van der Waals surface area contributed by atoms with Gasteiger partial charge < -0.3 is 19.1 Å². The van der Waals surface area contributed by atoms with Gasteiger partial charge in [-0.1, -0.05) is 0 Å². The molecule has 3 aromatic rings. The van der Waals surface area contributed by atoms with Crippen LogP contribution < -0.4 is 19.1 Å². The Hall–Kier alpha value is -3.09. The Bertz CT molecular complexity index is 960. The molecule has 0 aliphatic heterocycles. The van der Waals surface area contributed by atoms with Gasteiger partial charge in [0.2, 0.25) is 0 Å². The lowest BCUT2D eigenvalue weighted by molar-refractivity contribution is 0.356. The number of benzene rings is 2. The van der Waals surface area contributed by atoms with Gasteiger partial charge in [0.25, 0.3) is 0 Å². The van der Waals surface area contributed by atoms with Gasteiger partial charge in [-0.2, -0.15) is 0 Å². The lowest BCUT2D eigenvalue weighted by atomic mass is 10.1. The van der Waals surface area contributed by atoms with Crippen LogP contribution in [0.15, 0.2) is 30.3 Å². The number of hydrogen-bond donors (Lipinski definition) is 0. The molecule has 0 radical (unpaired) electrons. The SMILES string of the molecule is COc1cc2nc(-c3cc(F)ccc3OC)nc(N(C)C)c2cc1OC. The highest BCUT2D eigenvalue weighted by molar-refractivity contribution is 5.93. The molecule has 6 nitrogen and oxygen atoms in total. The summed E-state index contributed by atoms with van der Waals surface area (Å²) in [5.74, 6) is 2.30. The third-order valence-corrected chi connectivity index (χ3v) is 4.01. The van der Waals surface area contributed by atoms with Gasteiger partial charge in [-0.05, 0) is 24.3 Å². The molecule has 0 aliphatic carbocycles. The summed E-state index contributed by atoms with van der Waals surface area (Å²) in [6, 6.07) is 7.86. The van der Waals surface area contributed by atoms with E-state index in [0.29, 0.717) is 40.0 Å². The van der Waals surface area contributed by atoms with E-state index in [2.05, 4.69) is 9.97 Å². The summed E-state index contributed by atoms with van der Waals surface area (Å²) >= 11 is 0. The summed E-state index contributed by atoms with van der Waals surface area (Å²) in [5.41, 5.74) is 1.13. The van der Waals surface area contributed by atoms with Gasteiger partial charge in [0.1, 0.15) is 17.4 Å². The van der Waals surface area contributed by atoms with Crippen molar-refractivity contribution >= 4 is 16.7 Å². The van der Waals surface area contributed by atoms with Gasteiger partial charge in [0.05, 0.1) is 32.4 Å². The first-order valence-electron chi connectivity index (χ1n) is 7.93. The van der Waals surface area contributed by atoms with Crippen molar-refractivity contribution in [3.63, 3.8) is 0 Å². The first-order valence-corrected chi connectivity index (χ1v) is 7.93. The van der Waals surface area contributed by atoms with Crippen molar-refractivity contribution in [3.05, 3.63) is 36.1 Å². The van der Waals surface area contributed by atoms with Crippen molar-refractivity contribution in [2.75, 3.05) is 40.3 Å². The second-order valence-electron chi connectivity index (χ2n) is 5.83. The number of anilines is 1. The maximum atomic E-state index is 13.8. The number of nitrogens with zero attached hydrogens (tertiary/aromatic N) is 3. The summed E-state index contributed by atoms with van der Waals surface area (Å²) in [5, 5.41) is 0.798. The number of methoxy groups -OCH3 is 3. The van der Waals surface area contributed by atoms with Crippen molar-refractivity contribution in [3.8, 4) is 28.6 Å². The van der Waals surface area contributed by atoms with Crippen LogP contribution in [-0.4, -0.2) is 45.4 Å². The molecule has 0 fully saturated rings. The Balaban J connectivity index is 2.33. The van der Waals surface area contributed by atoms with Crippen LogP contribution in [0.2, 0.25) is 0 Å². The topological polar surface area (TPSA) is 56.7 Å². The molecule has 0 spiro atoms. The summed E-state index contributed by atoms with van der Waals surface area (Å²) in [4.78, 5) is 11.1. The lowest BCUT2D eigenvalue weighted by Crippen LogP contribution is -2.12. The van der Waals surface area contributed by atoms with Crippen LogP contribution in [-0.2, 0) is 0 Å². The van der Waals surface area contributed by atoms with Gasteiger partial charge in [-0.3, -0.25) is 0 Å². The fourth-order valence-corrected chi connectivity index (χ4v) is 2.76. The minimum absolute atomic E-state index is 0.366. The lowest BCUT2D eigenvalue weighted by Gasteiger charge is -2.18. The minimum atomic E-state index is -0.386. The molecule has 0 saturated heterocycles. The van der Waals surface area contributed by atoms with E-state index in [-0.39, 0.29) is 5.82 Å². The highest BCUT2D eigenvalue weighted by Gasteiger charge is 2.17. The minimum Gasteiger partial charge on any atom is -0.496 e. The quantitative estimate of drug-likeness (QED) is 0.696. The average molecular weight is 357 g/mol. The third kappa shape index (κ3) is 3.08. The van der Waals surface area contributed by atoms with Crippen molar-refractivity contribution in [2.24, 2.45) is 0 Å². The van der Waals surface area contributed by atoms with Crippen molar-refractivity contribution < 1.29 is 18.6 Å². The molecule has 1 aromatic heterocycles. The van der Waals surface area contributed by atoms with Crippen molar-refractivity contribution in [1.29, 1.82) is 0 Å². The number of halogens is 1. The Labute approximate surface area is 151 Å². The van der Waals surface area contributed by atoms with E-state index in [1.807, 2.05) is 25.1 Å². The van der Waals surface area contributed by atoms with Gasteiger partial charge >= 0.3 is 0 Å². The van der Waals surface area contributed by atoms with Crippen LogP contribution in [0, 0.1) is 5.82 Å². The molecule has 2 aromatic carbocycles. The molecule has 0 unspecified atom stereocenters. The molecular formula is C19H20FN3O3. The molecular weight excluding hydrogens is 337 g/mol. The first-order chi connectivity index (χ1) is 12.5. The zero-order valence-electron chi connectivity index (χ0n) is 15.3. The summed E-state index contributed by atoms with van der Waals surface area (Å²) < 4.78 is 29.9. The number of rotatable bonds is 5. The number of aromatic nitrogens is 2. The molecule has 0 atom stereocenters. The normalized spacial score (nSPS) is 10.7. The van der Waals surface area contributed by atoms with Gasteiger partial charge in [-0.25, -0.2) is 14.4 Å². The molecule has 0 bridgehead atoms. The van der Waals surface area contributed by atoms with E-state index in [0.717, 1.165) is 5.39 Å². The zero-order chi connectivity index (χ0) is 18.8. The van der Waals surface area contributed by atoms with E-state index in [1.54, 1.807) is 26.4 Å². The summed E-state index contributed by atoms with van der Waals surface area (Å²) in [7, 11) is 8.43. The Morgan fingerprint density at radius 2 is 1.50 bits per heavy atom. The molecule has 0 N–H and O–H groups in total. The van der Waals surface area contributed by atoms with Gasteiger partial charge in [-0.15, -0.1) is 0 Å². The Kier molecular flexibility index (Phi) is 4.79. The van der Waals surface area contributed by atoms with Crippen LogP contribution in [0.1, 0.15) is 0 Å². The van der Waals surface area contributed by atoms with E-state index in [9.17, 15) is 4.39 Å². The van der Waals surface area contributed by atoms with Crippen LogP contribution >= 0.6 is 0 Å². The molecule has 0 amide bonds. The third-order valence-electron chi connectivity index (χ3n) is 4.01. The smallest absolute Gasteiger partial charge is 0.165 e. The number of hydrogen-bond acceptors (Lipinski definition) is 6. The van der Waals surface area contributed by atoms with Crippen molar-refractivity contribution in [2.45, 2.75) is 0 Å². The van der Waals surface area contributed by atoms with Gasteiger partial charge in [0.15, 0.2) is 17.3 Å². The molecule has 0 saturated carbocycles. The average Bonchev–Trinajstić information content (AvgIpc) is 2.65. The predicted octanol–water partition coefficient (Wildman–Crippen LogP) is 3.53. The molecule has 3 rings (SSSR count). The number of fused-ring (bicyclic) bond motifs is 1. The van der Waals surface area contributed by atoms with Gasteiger partial charge in [0, 0.05) is 25.5 Å². The van der Waals surface area contributed by atoms with E-state index < -0.39 is 0 Å². The monoisotopic (exact) mass is 357 g/mol. The fourth-order valence-electron chi connectivity index (χ4n) is 2.76. The van der Waals surface area contributed by atoms with Crippen LogP contribution in [0.25, 0.3) is 22.3 Å². The second-order valence-corrected chi connectivity index (χ2v) is 5.83. The molecule has 136 valence electrons. The Morgan fingerprint density at radius 3 is 2.12 bits per heavy atom. The maximum Gasteiger partial charge on any atom is 0.165 e. The van der Waals surface area contributed by atoms with Crippen LogP contribution in [0.3, 0.4) is 0 Å². The highest BCUT2D eigenvalue weighted by Crippen LogP contribution is 2.37. The largest absolute Gasteiger partial charge is 0.496 e. The standard InChI is InChI=1S/C19H20FN3O3/c1-23(2)19-12-9-16(25-4)17(26-5)10-14(12)21-18(22-19)13-8-11(20)6-7-15(13)24-3/h6-10H,1-5H3. The van der Waals surface area contributed by atoms with Crippen LogP contribution in [0.4, 0.5) is 10.2 Å². The van der Waals surface area contributed by atoms with E-state index in [4.69, 9.17) is 14.2 Å². The molecule has 7 heteroatoms.